The Balaban J connectivity index is 1.99. The van der Waals surface area contributed by atoms with E-state index in [2.05, 4.69) is 37.9 Å². The van der Waals surface area contributed by atoms with Crippen molar-refractivity contribution in [3.05, 3.63) is 0 Å². The maximum atomic E-state index is 5.83. The van der Waals surface area contributed by atoms with Gasteiger partial charge < -0.3 is 10.1 Å². The van der Waals surface area contributed by atoms with E-state index in [1.807, 2.05) is 0 Å². The van der Waals surface area contributed by atoms with Gasteiger partial charge in [0.25, 0.3) is 0 Å². The largest absolute Gasteiger partial charge is 0.375 e. The maximum Gasteiger partial charge on any atom is 0.0641 e. The summed E-state index contributed by atoms with van der Waals surface area (Å²) in [5.74, 6) is 0. The Morgan fingerprint density at radius 2 is 2.18 bits per heavy atom. The van der Waals surface area contributed by atoms with Crippen molar-refractivity contribution in [2.75, 3.05) is 19.7 Å². The minimum absolute atomic E-state index is 0.0647. The number of rotatable bonds is 2. The molecule has 2 heterocycles. The average Bonchev–Trinajstić information content (AvgIpc) is 2.28. The van der Waals surface area contributed by atoms with Crippen molar-refractivity contribution in [3.8, 4) is 0 Å². The lowest BCUT2D eigenvalue weighted by Gasteiger charge is -2.47. The molecule has 3 nitrogen and oxygen atoms in total. The van der Waals surface area contributed by atoms with Crippen molar-refractivity contribution >= 4 is 0 Å². The summed E-state index contributed by atoms with van der Waals surface area (Å²) in [6.45, 7) is 12.3. The van der Waals surface area contributed by atoms with Crippen molar-refractivity contribution in [3.63, 3.8) is 0 Å². The summed E-state index contributed by atoms with van der Waals surface area (Å²) in [7, 11) is 0. The van der Waals surface area contributed by atoms with E-state index in [9.17, 15) is 0 Å². The van der Waals surface area contributed by atoms with Crippen LogP contribution >= 0.6 is 0 Å². The predicted molar refractivity (Wildman–Crippen MR) is 71.3 cm³/mol. The third kappa shape index (κ3) is 3.21. The van der Waals surface area contributed by atoms with Gasteiger partial charge in [0.2, 0.25) is 0 Å². The second-order valence-corrected chi connectivity index (χ2v) is 6.31. The Kier molecular flexibility index (Phi) is 4.11. The highest BCUT2D eigenvalue weighted by Crippen LogP contribution is 2.29. The Bertz CT molecular complexity index is 255. The van der Waals surface area contributed by atoms with Crippen molar-refractivity contribution < 1.29 is 4.74 Å². The fraction of sp³-hybridized carbons (Fsp3) is 1.00. The summed E-state index contributed by atoms with van der Waals surface area (Å²) >= 11 is 0. The van der Waals surface area contributed by atoms with Crippen LogP contribution in [0.15, 0.2) is 0 Å². The summed E-state index contributed by atoms with van der Waals surface area (Å²) in [6.07, 6.45) is 3.60. The van der Waals surface area contributed by atoms with Gasteiger partial charge in [-0.05, 0) is 40.0 Å². The standard InChI is InChI=1S/C14H28N2O/c1-5-12-10-16(11(2)9-15-12)13-6-7-17-14(3,4)8-13/h11-13,15H,5-10H2,1-4H3. The van der Waals surface area contributed by atoms with Crippen LogP contribution in [-0.2, 0) is 4.74 Å². The topological polar surface area (TPSA) is 24.5 Å². The van der Waals surface area contributed by atoms with Gasteiger partial charge in [0.05, 0.1) is 5.60 Å². The first-order valence-electron chi connectivity index (χ1n) is 7.15. The average molecular weight is 240 g/mol. The van der Waals surface area contributed by atoms with E-state index in [-0.39, 0.29) is 5.60 Å². The van der Waals surface area contributed by atoms with Crippen molar-refractivity contribution in [1.82, 2.24) is 10.2 Å². The second kappa shape index (κ2) is 5.25. The van der Waals surface area contributed by atoms with Gasteiger partial charge in [0.15, 0.2) is 0 Å². The second-order valence-electron chi connectivity index (χ2n) is 6.31. The Morgan fingerprint density at radius 3 is 2.82 bits per heavy atom. The molecule has 2 fully saturated rings. The molecule has 0 aromatic rings. The zero-order chi connectivity index (χ0) is 12.5. The van der Waals surface area contributed by atoms with E-state index >= 15 is 0 Å². The maximum absolute atomic E-state index is 5.83. The molecule has 1 N–H and O–H groups in total. The number of nitrogens with one attached hydrogen (secondary N) is 1. The summed E-state index contributed by atoms with van der Waals surface area (Å²) in [5.41, 5.74) is 0.0647. The number of piperazine rings is 1. The van der Waals surface area contributed by atoms with Gasteiger partial charge in [-0.3, -0.25) is 4.90 Å². The Labute approximate surface area is 106 Å². The molecule has 0 amide bonds. The van der Waals surface area contributed by atoms with E-state index < -0.39 is 0 Å². The molecule has 0 spiro atoms. The van der Waals surface area contributed by atoms with E-state index in [0.717, 1.165) is 13.2 Å². The van der Waals surface area contributed by atoms with Crippen LogP contribution in [0.4, 0.5) is 0 Å². The quantitative estimate of drug-likeness (QED) is 0.799. The Hall–Kier alpha value is -0.120. The minimum Gasteiger partial charge on any atom is -0.375 e. The van der Waals surface area contributed by atoms with Gasteiger partial charge >= 0.3 is 0 Å². The predicted octanol–water partition coefficient (Wildman–Crippen LogP) is 2.02. The lowest BCUT2D eigenvalue weighted by molar-refractivity contribution is -0.0926. The smallest absolute Gasteiger partial charge is 0.0641 e. The van der Waals surface area contributed by atoms with Crippen LogP contribution in [0.5, 0.6) is 0 Å². The van der Waals surface area contributed by atoms with Gasteiger partial charge in [-0.15, -0.1) is 0 Å². The van der Waals surface area contributed by atoms with E-state index in [1.165, 1.54) is 25.8 Å². The highest BCUT2D eigenvalue weighted by atomic mass is 16.5. The molecule has 0 aromatic heterocycles. The molecule has 0 radical (unpaired) electrons. The van der Waals surface area contributed by atoms with Gasteiger partial charge in [-0.25, -0.2) is 0 Å². The third-order valence-electron chi connectivity index (χ3n) is 4.33. The van der Waals surface area contributed by atoms with Crippen LogP contribution in [0.3, 0.4) is 0 Å². The molecular formula is C14H28N2O. The highest BCUT2D eigenvalue weighted by Gasteiger charge is 2.36. The molecule has 0 aliphatic carbocycles. The molecule has 2 saturated heterocycles. The van der Waals surface area contributed by atoms with Crippen molar-refractivity contribution in [2.45, 2.75) is 70.7 Å². The highest BCUT2D eigenvalue weighted by molar-refractivity contribution is 4.91. The van der Waals surface area contributed by atoms with E-state index in [1.54, 1.807) is 0 Å². The summed E-state index contributed by atoms with van der Waals surface area (Å²) < 4.78 is 5.83. The molecule has 3 atom stereocenters. The fourth-order valence-corrected chi connectivity index (χ4v) is 3.22. The van der Waals surface area contributed by atoms with Crippen LogP contribution in [0.1, 0.15) is 47.0 Å². The molecule has 0 saturated carbocycles. The monoisotopic (exact) mass is 240 g/mol. The summed E-state index contributed by atoms with van der Waals surface area (Å²) in [5, 5.41) is 3.64. The van der Waals surface area contributed by atoms with E-state index in [0.29, 0.717) is 18.1 Å². The first kappa shape index (κ1) is 13.3. The van der Waals surface area contributed by atoms with Crippen molar-refractivity contribution in [2.24, 2.45) is 0 Å². The minimum atomic E-state index is 0.0647. The molecule has 2 aliphatic rings. The van der Waals surface area contributed by atoms with Crippen LogP contribution in [0.2, 0.25) is 0 Å². The van der Waals surface area contributed by atoms with Crippen LogP contribution in [0.25, 0.3) is 0 Å². The number of nitrogens with zero attached hydrogens (tertiary/aromatic N) is 1. The zero-order valence-electron chi connectivity index (χ0n) is 11.8. The molecule has 17 heavy (non-hydrogen) atoms. The SMILES string of the molecule is CCC1CN(C2CCOC(C)(C)C2)C(C)CN1. The van der Waals surface area contributed by atoms with Gasteiger partial charge in [-0.2, -0.15) is 0 Å². The zero-order valence-corrected chi connectivity index (χ0v) is 11.8. The molecular weight excluding hydrogens is 212 g/mol. The molecule has 3 unspecified atom stereocenters. The third-order valence-corrected chi connectivity index (χ3v) is 4.33. The first-order chi connectivity index (χ1) is 8.02. The number of hydrogen-bond acceptors (Lipinski definition) is 3. The lowest BCUT2D eigenvalue weighted by atomic mass is 9.91. The van der Waals surface area contributed by atoms with Gasteiger partial charge in [-0.1, -0.05) is 6.92 Å². The van der Waals surface area contributed by atoms with Crippen LogP contribution in [0, 0.1) is 0 Å². The molecule has 2 rings (SSSR count). The summed E-state index contributed by atoms with van der Waals surface area (Å²) in [6, 6.07) is 2.05. The number of hydrogen-bond donors (Lipinski definition) is 1. The van der Waals surface area contributed by atoms with Crippen LogP contribution < -0.4 is 5.32 Å². The van der Waals surface area contributed by atoms with Gasteiger partial charge in [0.1, 0.15) is 0 Å². The molecule has 0 bridgehead atoms. The summed E-state index contributed by atoms with van der Waals surface area (Å²) in [4.78, 5) is 2.72. The number of ether oxygens (including phenoxy) is 1. The fourth-order valence-electron chi connectivity index (χ4n) is 3.22. The van der Waals surface area contributed by atoms with E-state index in [4.69, 9.17) is 4.74 Å². The molecule has 2 aliphatic heterocycles. The van der Waals surface area contributed by atoms with Gasteiger partial charge in [0, 0.05) is 37.8 Å². The molecule has 0 aromatic carbocycles. The Morgan fingerprint density at radius 1 is 1.41 bits per heavy atom. The lowest BCUT2D eigenvalue weighted by Crippen LogP contribution is -2.60. The van der Waals surface area contributed by atoms with Crippen LogP contribution in [-0.4, -0.2) is 48.3 Å². The van der Waals surface area contributed by atoms with Crippen molar-refractivity contribution in [1.29, 1.82) is 0 Å². The first-order valence-corrected chi connectivity index (χ1v) is 7.15. The normalized spacial score (nSPS) is 39.2. The molecule has 3 heteroatoms. The molecule has 100 valence electrons.